The lowest BCUT2D eigenvalue weighted by Crippen LogP contribution is -2.48. The molecule has 19 heavy (non-hydrogen) atoms. The van der Waals surface area contributed by atoms with Gasteiger partial charge in [-0.15, -0.1) is 11.8 Å². The summed E-state index contributed by atoms with van der Waals surface area (Å²) in [6.07, 6.45) is 3.35. The molecule has 0 aliphatic carbocycles. The van der Waals surface area contributed by atoms with E-state index in [1.54, 1.807) is 11.8 Å². The van der Waals surface area contributed by atoms with E-state index < -0.39 is 0 Å². The number of hydrogen-bond donors (Lipinski definition) is 1. The van der Waals surface area contributed by atoms with Gasteiger partial charge in [0, 0.05) is 24.0 Å². The number of carbonyl (C=O) groups is 1. The first-order valence-corrected chi connectivity index (χ1v) is 7.89. The van der Waals surface area contributed by atoms with Crippen molar-refractivity contribution in [1.82, 2.24) is 4.90 Å². The van der Waals surface area contributed by atoms with E-state index in [4.69, 9.17) is 5.73 Å². The zero-order valence-corrected chi connectivity index (χ0v) is 12.3. The molecule has 1 aromatic carbocycles. The van der Waals surface area contributed by atoms with E-state index >= 15 is 0 Å². The number of hydrogen-bond acceptors (Lipinski definition) is 3. The number of nitrogens with zero attached hydrogens (tertiary/aromatic N) is 1. The summed E-state index contributed by atoms with van der Waals surface area (Å²) < 4.78 is 0. The Morgan fingerprint density at radius 3 is 2.95 bits per heavy atom. The Balaban J connectivity index is 1.92. The third-order valence-corrected chi connectivity index (χ3v) is 4.82. The van der Waals surface area contributed by atoms with Crippen LogP contribution in [0.4, 0.5) is 0 Å². The predicted octanol–water partition coefficient (Wildman–Crippen LogP) is 2.43. The van der Waals surface area contributed by atoms with Crippen molar-refractivity contribution in [3.8, 4) is 0 Å². The molecule has 2 rings (SSSR count). The van der Waals surface area contributed by atoms with Crippen LogP contribution in [0.15, 0.2) is 29.2 Å². The topological polar surface area (TPSA) is 46.3 Å². The Hall–Kier alpha value is -1.00. The Morgan fingerprint density at radius 2 is 2.21 bits per heavy atom. The Labute approximate surface area is 119 Å². The number of likely N-dealkylation sites (tertiary alicyclic amines) is 1. The molecule has 1 aliphatic heterocycles. The molecule has 1 atom stereocenters. The molecule has 1 aromatic rings. The molecule has 1 aliphatic rings. The number of aryl methyl sites for hydroxylation is 1. The summed E-state index contributed by atoms with van der Waals surface area (Å²) in [4.78, 5) is 15.5. The summed E-state index contributed by atoms with van der Waals surface area (Å²) in [5.41, 5.74) is 6.99. The van der Waals surface area contributed by atoms with Crippen molar-refractivity contribution in [1.29, 1.82) is 0 Å². The van der Waals surface area contributed by atoms with Gasteiger partial charge in [-0.3, -0.25) is 4.79 Å². The maximum Gasteiger partial charge on any atom is 0.233 e. The lowest BCUT2D eigenvalue weighted by atomic mass is 10.0. The van der Waals surface area contributed by atoms with Crippen LogP contribution in [-0.4, -0.2) is 35.7 Å². The summed E-state index contributed by atoms with van der Waals surface area (Å²) in [6.45, 7) is 3.53. The molecular formula is C15H22N2OS. The van der Waals surface area contributed by atoms with E-state index in [2.05, 4.69) is 19.1 Å². The minimum Gasteiger partial charge on any atom is -0.338 e. The third-order valence-electron chi connectivity index (χ3n) is 3.66. The summed E-state index contributed by atoms with van der Waals surface area (Å²) in [7, 11) is 0. The maximum absolute atomic E-state index is 12.3. The average molecular weight is 278 g/mol. The number of carbonyl (C=O) groups excluding carboxylic acids is 1. The van der Waals surface area contributed by atoms with Crippen LogP contribution in [0, 0.1) is 6.92 Å². The van der Waals surface area contributed by atoms with Crippen LogP contribution in [-0.2, 0) is 4.79 Å². The summed E-state index contributed by atoms with van der Waals surface area (Å²) in [5, 5.41) is 0. The molecule has 4 heteroatoms. The highest BCUT2D eigenvalue weighted by atomic mass is 32.2. The lowest BCUT2D eigenvalue weighted by Gasteiger charge is -2.35. The van der Waals surface area contributed by atoms with Gasteiger partial charge in [-0.2, -0.15) is 0 Å². The standard InChI is InChI=1S/C15H22N2OS/c1-12-6-2-3-8-14(12)19-11-15(18)17-9-5-4-7-13(17)10-16/h2-3,6,8,13H,4-5,7,9-11,16H2,1H3. The van der Waals surface area contributed by atoms with Crippen molar-refractivity contribution in [2.75, 3.05) is 18.8 Å². The Kier molecular flexibility index (Phi) is 5.28. The minimum atomic E-state index is 0.225. The number of benzene rings is 1. The van der Waals surface area contributed by atoms with Gasteiger partial charge in [0.1, 0.15) is 0 Å². The van der Waals surface area contributed by atoms with E-state index in [-0.39, 0.29) is 11.9 Å². The van der Waals surface area contributed by atoms with Crippen molar-refractivity contribution in [3.63, 3.8) is 0 Å². The summed E-state index contributed by atoms with van der Waals surface area (Å²) in [6, 6.07) is 8.44. The fourth-order valence-corrected chi connectivity index (χ4v) is 3.43. The van der Waals surface area contributed by atoms with Crippen LogP contribution in [0.5, 0.6) is 0 Å². The monoisotopic (exact) mass is 278 g/mol. The van der Waals surface area contributed by atoms with Crippen molar-refractivity contribution in [2.24, 2.45) is 5.73 Å². The SMILES string of the molecule is Cc1ccccc1SCC(=O)N1CCCCC1CN. The first kappa shape index (κ1) is 14.4. The van der Waals surface area contributed by atoms with Crippen molar-refractivity contribution < 1.29 is 4.79 Å². The van der Waals surface area contributed by atoms with Gasteiger partial charge in [-0.05, 0) is 37.8 Å². The molecule has 1 unspecified atom stereocenters. The van der Waals surface area contributed by atoms with E-state index in [9.17, 15) is 4.79 Å². The summed E-state index contributed by atoms with van der Waals surface area (Å²) >= 11 is 1.63. The second-order valence-corrected chi connectivity index (χ2v) is 6.04. The molecule has 0 aromatic heterocycles. The quantitative estimate of drug-likeness (QED) is 0.860. The minimum absolute atomic E-state index is 0.225. The largest absolute Gasteiger partial charge is 0.338 e. The van der Waals surface area contributed by atoms with E-state index in [0.29, 0.717) is 12.3 Å². The molecular weight excluding hydrogens is 256 g/mol. The van der Waals surface area contributed by atoms with Gasteiger partial charge in [0.25, 0.3) is 0 Å². The van der Waals surface area contributed by atoms with Gasteiger partial charge in [-0.25, -0.2) is 0 Å². The predicted molar refractivity (Wildman–Crippen MR) is 80.3 cm³/mol. The molecule has 2 N–H and O–H groups in total. The van der Waals surface area contributed by atoms with Crippen LogP contribution in [0.2, 0.25) is 0 Å². The molecule has 0 bridgehead atoms. The zero-order chi connectivity index (χ0) is 13.7. The van der Waals surface area contributed by atoms with Crippen LogP contribution >= 0.6 is 11.8 Å². The van der Waals surface area contributed by atoms with Crippen LogP contribution in [0.25, 0.3) is 0 Å². The Bertz CT molecular complexity index is 436. The molecule has 0 spiro atoms. The fraction of sp³-hybridized carbons (Fsp3) is 0.533. The number of nitrogens with two attached hydrogens (primary N) is 1. The Morgan fingerprint density at radius 1 is 1.42 bits per heavy atom. The van der Waals surface area contributed by atoms with E-state index in [1.165, 1.54) is 16.9 Å². The molecule has 3 nitrogen and oxygen atoms in total. The highest BCUT2D eigenvalue weighted by Gasteiger charge is 2.25. The van der Waals surface area contributed by atoms with E-state index in [1.807, 2.05) is 17.0 Å². The number of amides is 1. The molecule has 1 saturated heterocycles. The van der Waals surface area contributed by atoms with Gasteiger partial charge in [0.05, 0.1) is 5.75 Å². The normalized spacial score (nSPS) is 19.5. The van der Waals surface area contributed by atoms with Gasteiger partial charge < -0.3 is 10.6 Å². The number of rotatable bonds is 4. The molecule has 1 amide bonds. The van der Waals surface area contributed by atoms with Gasteiger partial charge in [0.15, 0.2) is 0 Å². The van der Waals surface area contributed by atoms with Crippen molar-refractivity contribution >= 4 is 17.7 Å². The first-order valence-electron chi connectivity index (χ1n) is 6.90. The van der Waals surface area contributed by atoms with Crippen molar-refractivity contribution in [2.45, 2.75) is 37.1 Å². The zero-order valence-electron chi connectivity index (χ0n) is 11.5. The maximum atomic E-state index is 12.3. The second kappa shape index (κ2) is 6.96. The fourth-order valence-electron chi connectivity index (χ4n) is 2.51. The van der Waals surface area contributed by atoms with Gasteiger partial charge in [-0.1, -0.05) is 18.2 Å². The molecule has 1 fully saturated rings. The smallest absolute Gasteiger partial charge is 0.233 e. The average Bonchev–Trinajstić information content (AvgIpc) is 2.46. The van der Waals surface area contributed by atoms with E-state index in [0.717, 1.165) is 19.4 Å². The lowest BCUT2D eigenvalue weighted by molar-refractivity contribution is -0.131. The highest BCUT2D eigenvalue weighted by Crippen LogP contribution is 2.24. The number of piperidine rings is 1. The highest BCUT2D eigenvalue weighted by molar-refractivity contribution is 8.00. The molecule has 0 radical (unpaired) electrons. The van der Waals surface area contributed by atoms with Crippen LogP contribution in [0.3, 0.4) is 0 Å². The summed E-state index contributed by atoms with van der Waals surface area (Å²) in [5.74, 6) is 0.741. The molecule has 0 saturated carbocycles. The first-order chi connectivity index (χ1) is 9.22. The van der Waals surface area contributed by atoms with Crippen molar-refractivity contribution in [3.05, 3.63) is 29.8 Å². The van der Waals surface area contributed by atoms with Crippen LogP contribution < -0.4 is 5.73 Å². The van der Waals surface area contributed by atoms with Gasteiger partial charge >= 0.3 is 0 Å². The molecule has 1 heterocycles. The molecule has 104 valence electrons. The third kappa shape index (κ3) is 3.74. The number of thioether (sulfide) groups is 1. The van der Waals surface area contributed by atoms with Gasteiger partial charge in [0.2, 0.25) is 5.91 Å². The van der Waals surface area contributed by atoms with Crippen LogP contribution in [0.1, 0.15) is 24.8 Å². The second-order valence-electron chi connectivity index (χ2n) is 5.03.